The van der Waals surface area contributed by atoms with Crippen molar-refractivity contribution < 1.29 is 23.9 Å². The standard InChI is InChI=1S/C21H21Cl2N5O5/c1-3-32-20(30)12(2)26-6-7-28(21(26)31)15-5-4-13(10-14(15)22)27-8-9-33-18-16(19(27)29)17(23)24-11-25-18/h4-5,10-12H,3,6-9H2,1-2H3. The molecule has 10 nitrogen and oxygen atoms in total. The van der Waals surface area contributed by atoms with Crippen molar-refractivity contribution in [2.75, 3.05) is 42.6 Å². The highest BCUT2D eigenvalue weighted by Crippen LogP contribution is 2.35. The summed E-state index contributed by atoms with van der Waals surface area (Å²) in [6, 6.07) is 3.90. The molecule has 1 aromatic heterocycles. The molecule has 0 radical (unpaired) electrons. The number of anilines is 2. The summed E-state index contributed by atoms with van der Waals surface area (Å²) < 4.78 is 10.6. The molecule has 1 atom stereocenters. The molecule has 3 amide bonds. The zero-order valence-electron chi connectivity index (χ0n) is 18.0. The maximum Gasteiger partial charge on any atom is 0.328 e. The molecule has 1 unspecified atom stereocenters. The molecule has 174 valence electrons. The Morgan fingerprint density at radius 2 is 1.97 bits per heavy atom. The van der Waals surface area contributed by atoms with E-state index in [-0.39, 0.29) is 47.4 Å². The monoisotopic (exact) mass is 493 g/mol. The number of amides is 3. The Morgan fingerprint density at radius 3 is 2.70 bits per heavy atom. The summed E-state index contributed by atoms with van der Waals surface area (Å²) in [7, 11) is 0. The highest BCUT2D eigenvalue weighted by atomic mass is 35.5. The lowest BCUT2D eigenvalue weighted by Crippen LogP contribution is -2.43. The van der Waals surface area contributed by atoms with Crippen LogP contribution in [0, 0.1) is 0 Å². The maximum absolute atomic E-state index is 13.1. The molecule has 1 fully saturated rings. The van der Waals surface area contributed by atoms with Crippen LogP contribution in [0.5, 0.6) is 5.88 Å². The van der Waals surface area contributed by atoms with Crippen LogP contribution in [0.2, 0.25) is 10.2 Å². The van der Waals surface area contributed by atoms with Crippen LogP contribution in [-0.2, 0) is 9.53 Å². The third kappa shape index (κ3) is 4.28. The Kier molecular flexibility index (Phi) is 6.57. The number of fused-ring (bicyclic) bond motifs is 1. The third-order valence-electron chi connectivity index (χ3n) is 5.45. The summed E-state index contributed by atoms with van der Waals surface area (Å²) in [6.07, 6.45) is 1.23. The number of carbonyl (C=O) groups is 3. The normalized spacial score (nSPS) is 16.9. The van der Waals surface area contributed by atoms with Crippen molar-refractivity contribution in [3.63, 3.8) is 0 Å². The van der Waals surface area contributed by atoms with Gasteiger partial charge in [-0.3, -0.25) is 9.69 Å². The van der Waals surface area contributed by atoms with E-state index in [0.717, 1.165) is 0 Å². The highest BCUT2D eigenvalue weighted by molar-refractivity contribution is 6.35. The van der Waals surface area contributed by atoms with E-state index < -0.39 is 17.9 Å². The van der Waals surface area contributed by atoms with Crippen LogP contribution in [0.15, 0.2) is 24.5 Å². The Labute approximate surface area is 200 Å². The number of aromatic nitrogens is 2. The number of ether oxygens (including phenoxy) is 2. The van der Waals surface area contributed by atoms with Crippen LogP contribution in [0.4, 0.5) is 16.2 Å². The van der Waals surface area contributed by atoms with Crippen LogP contribution < -0.4 is 14.5 Å². The first-order valence-corrected chi connectivity index (χ1v) is 11.1. The summed E-state index contributed by atoms with van der Waals surface area (Å²) in [5.41, 5.74) is 1.06. The van der Waals surface area contributed by atoms with Gasteiger partial charge in [-0.2, -0.15) is 0 Å². The fraction of sp³-hybridized carbons (Fsp3) is 0.381. The van der Waals surface area contributed by atoms with Crippen LogP contribution in [0.3, 0.4) is 0 Å². The van der Waals surface area contributed by atoms with E-state index in [0.29, 0.717) is 24.5 Å². The molecule has 2 aliphatic heterocycles. The second-order valence-corrected chi connectivity index (χ2v) is 8.11. The first-order valence-electron chi connectivity index (χ1n) is 10.3. The number of hydrogen-bond acceptors (Lipinski definition) is 7. The van der Waals surface area contributed by atoms with E-state index in [1.165, 1.54) is 21.0 Å². The lowest BCUT2D eigenvalue weighted by molar-refractivity contribution is -0.147. The van der Waals surface area contributed by atoms with Crippen molar-refractivity contribution in [1.82, 2.24) is 14.9 Å². The van der Waals surface area contributed by atoms with Crippen molar-refractivity contribution in [3.05, 3.63) is 40.3 Å². The number of esters is 1. The van der Waals surface area contributed by atoms with Gasteiger partial charge in [-0.05, 0) is 32.0 Å². The average Bonchev–Trinajstić information content (AvgIpc) is 3.07. The Hall–Kier alpha value is -3.11. The molecule has 4 rings (SSSR count). The minimum absolute atomic E-state index is 0.00177. The largest absolute Gasteiger partial charge is 0.475 e. The number of urea groups is 1. The molecule has 0 spiro atoms. The molecule has 0 aliphatic carbocycles. The molecule has 0 N–H and O–H groups in total. The molecule has 2 aromatic rings. The second-order valence-electron chi connectivity index (χ2n) is 7.34. The first kappa shape index (κ1) is 23.1. The van der Waals surface area contributed by atoms with Crippen LogP contribution in [0.1, 0.15) is 24.2 Å². The third-order valence-corrected chi connectivity index (χ3v) is 6.04. The minimum atomic E-state index is -0.706. The van der Waals surface area contributed by atoms with Crippen molar-refractivity contribution in [2.24, 2.45) is 0 Å². The lowest BCUT2D eigenvalue weighted by Gasteiger charge is -2.25. The zero-order chi connectivity index (χ0) is 23.7. The molecule has 1 saturated heterocycles. The molecule has 33 heavy (non-hydrogen) atoms. The van der Waals surface area contributed by atoms with E-state index in [1.807, 2.05) is 0 Å². The molecular weight excluding hydrogens is 473 g/mol. The molecule has 3 heterocycles. The maximum atomic E-state index is 13.1. The molecule has 0 bridgehead atoms. The average molecular weight is 494 g/mol. The summed E-state index contributed by atoms with van der Waals surface area (Å²) in [5, 5.41) is 0.276. The first-order chi connectivity index (χ1) is 15.8. The molecule has 1 aromatic carbocycles. The summed E-state index contributed by atoms with van der Waals surface area (Å²) in [6.45, 7) is 4.75. The predicted octanol–water partition coefficient (Wildman–Crippen LogP) is 3.02. The number of nitrogens with zero attached hydrogens (tertiary/aromatic N) is 5. The molecular formula is C21H21Cl2N5O5. The van der Waals surface area contributed by atoms with Crippen molar-refractivity contribution in [3.8, 4) is 5.88 Å². The number of benzene rings is 1. The number of hydrogen-bond donors (Lipinski definition) is 0. The van der Waals surface area contributed by atoms with Crippen LogP contribution in [-0.4, -0.2) is 71.7 Å². The van der Waals surface area contributed by atoms with Gasteiger partial charge < -0.3 is 19.3 Å². The van der Waals surface area contributed by atoms with Gasteiger partial charge in [0.1, 0.15) is 29.7 Å². The van der Waals surface area contributed by atoms with Gasteiger partial charge >= 0.3 is 12.0 Å². The van der Waals surface area contributed by atoms with Gasteiger partial charge in [-0.1, -0.05) is 23.2 Å². The van der Waals surface area contributed by atoms with Gasteiger partial charge in [-0.15, -0.1) is 0 Å². The van der Waals surface area contributed by atoms with Gasteiger partial charge in [0, 0.05) is 18.8 Å². The minimum Gasteiger partial charge on any atom is -0.475 e. The van der Waals surface area contributed by atoms with Gasteiger partial charge in [0.25, 0.3) is 5.91 Å². The van der Waals surface area contributed by atoms with Crippen LogP contribution in [0.25, 0.3) is 0 Å². The molecule has 0 saturated carbocycles. The Morgan fingerprint density at radius 1 is 1.18 bits per heavy atom. The Balaban J connectivity index is 1.57. The van der Waals surface area contributed by atoms with E-state index in [4.69, 9.17) is 32.7 Å². The highest BCUT2D eigenvalue weighted by Gasteiger charge is 2.37. The topological polar surface area (TPSA) is 105 Å². The summed E-state index contributed by atoms with van der Waals surface area (Å²) in [4.78, 5) is 50.4. The van der Waals surface area contributed by atoms with E-state index in [2.05, 4.69) is 9.97 Å². The van der Waals surface area contributed by atoms with Crippen molar-refractivity contribution in [2.45, 2.75) is 19.9 Å². The smallest absolute Gasteiger partial charge is 0.328 e. The predicted molar refractivity (Wildman–Crippen MR) is 121 cm³/mol. The van der Waals surface area contributed by atoms with Gasteiger partial charge in [0.2, 0.25) is 5.88 Å². The molecule has 2 aliphatic rings. The van der Waals surface area contributed by atoms with Gasteiger partial charge in [0.05, 0.1) is 23.9 Å². The van der Waals surface area contributed by atoms with E-state index in [1.54, 1.807) is 32.0 Å². The zero-order valence-corrected chi connectivity index (χ0v) is 19.5. The lowest BCUT2D eigenvalue weighted by atomic mass is 10.2. The van der Waals surface area contributed by atoms with Crippen LogP contribution >= 0.6 is 23.2 Å². The van der Waals surface area contributed by atoms with Gasteiger partial charge in [-0.25, -0.2) is 19.6 Å². The second kappa shape index (κ2) is 9.40. The fourth-order valence-electron chi connectivity index (χ4n) is 3.76. The van der Waals surface area contributed by atoms with E-state index in [9.17, 15) is 14.4 Å². The van der Waals surface area contributed by atoms with Crippen molar-refractivity contribution in [1.29, 1.82) is 0 Å². The SMILES string of the molecule is CCOC(=O)C(C)N1CCN(c2ccc(N3CCOc4ncnc(Cl)c4C3=O)cc2Cl)C1=O. The number of rotatable bonds is 5. The molecule has 12 heteroatoms. The number of carbonyl (C=O) groups excluding carboxylic acids is 3. The fourth-order valence-corrected chi connectivity index (χ4v) is 4.25. The van der Waals surface area contributed by atoms with Gasteiger partial charge in [0.15, 0.2) is 0 Å². The number of halogens is 2. The quantitative estimate of drug-likeness (QED) is 0.465. The Bertz CT molecular complexity index is 1110. The summed E-state index contributed by atoms with van der Waals surface area (Å²) in [5.74, 6) is -0.744. The van der Waals surface area contributed by atoms with Crippen molar-refractivity contribution >= 4 is 52.5 Å². The van der Waals surface area contributed by atoms with E-state index >= 15 is 0 Å². The summed E-state index contributed by atoms with van der Waals surface area (Å²) >= 11 is 12.6.